The van der Waals surface area contributed by atoms with E-state index in [-0.39, 0.29) is 25.6 Å². The fraction of sp³-hybridized carbons (Fsp3) is 0.286. The van der Waals surface area contributed by atoms with Gasteiger partial charge in [0, 0.05) is 24.9 Å². The van der Waals surface area contributed by atoms with Crippen LogP contribution < -0.4 is 10.6 Å². The number of amides is 2. The molecule has 0 spiro atoms. The van der Waals surface area contributed by atoms with Gasteiger partial charge in [-0.1, -0.05) is 48.5 Å². The van der Waals surface area contributed by atoms with Gasteiger partial charge >= 0.3 is 18.2 Å². The van der Waals surface area contributed by atoms with Crippen LogP contribution in [0.1, 0.15) is 41.9 Å². The Kier molecular flexibility index (Phi) is 8.70. The Labute approximate surface area is 214 Å². The summed E-state index contributed by atoms with van der Waals surface area (Å²) in [5.41, 5.74) is 5.22. The molecular formula is C28H29N3O6. The number of carboxylic acid groups (broad SMARTS) is 1. The third kappa shape index (κ3) is 6.84. The monoisotopic (exact) mass is 503 g/mol. The highest BCUT2D eigenvalue weighted by Crippen LogP contribution is 2.44. The predicted molar refractivity (Wildman–Crippen MR) is 136 cm³/mol. The van der Waals surface area contributed by atoms with Crippen LogP contribution in [0.3, 0.4) is 0 Å². The number of carbonyl (C=O) groups excluding carboxylic acids is 2. The second kappa shape index (κ2) is 12.5. The summed E-state index contributed by atoms with van der Waals surface area (Å²) in [4.78, 5) is 39.8. The van der Waals surface area contributed by atoms with E-state index in [1.165, 1.54) is 0 Å². The number of nitrogens with one attached hydrogen (secondary N) is 2. The molecule has 0 saturated carbocycles. The lowest BCUT2D eigenvalue weighted by molar-refractivity contribution is -0.139. The predicted octanol–water partition coefficient (Wildman–Crippen LogP) is 4.47. The minimum atomic E-state index is -1.14. The highest BCUT2D eigenvalue weighted by molar-refractivity contribution is 5.81. The first-order valence-electron chi connectivity index (χ1n) is 12.2. The van der Waals surface area contributed by atoms with E-state index in [1.54, 1.807) is 24.5 Å². The average Bonchev–Trinajstić information content (AvgIpc) is 3.24. The number of aromatic nitrogens is 1. The molecule has 0 radical (unpaired) electrons. The number of ether oxygens (including phenoxy) is 2. The lowest BCUT2D eigenvalue weighted by Gasteiger charge is -2.17. The Bertz CT molecular complexity index is 1190. The fourth-order valence-corrected chi connectivity index (χ4v) is 4.38. The number of pyridine rings is 1. The van der Waals surface area contributed by atoms with Crippen molar-refractivity contribution in [1.29, 1.82) is 0 Å². The third-order valence-corrected chi connectivity index (χ3v) is 6.24. The Morgan fingerprint density at radius 1 is 0.865 bits per heavy atom. The maximum Gasteiger partial charge on any atom is 0.407 e. The van der Waals surface area contributed by atoms with E-state index in [0.29, 0.717) is 19.4 Å². The first-order chi connectivity index (χ1) is 18.0. The van der Waals surface area contributed by atoms with Crippen LogP contribution >= 0.6 is 0 Å². The maximum absolute atomic E-state index is 12.4. The van der Waals surface area contributed by atoms with Gasteiger partial charge in [-0.2, -0.15) is 0 Å². The van der Waals surface area contributed by atoms with Crippen molar-refractivity contribution in [2.75, 3.05) is 13.2 Å². The van der Waals surface area contributed by atoms with Crippen molar-refractivity contribution >= 4 is 18.2 Å². The molecule has 0 unspecified atom stereocenters. The number of rotatable bonds is 11. The smallest absolute Gasteiger partial charge is 0.407 e. The molecule has 192 valence electrons. The van der Waals surface area contributed by atoms with Crippen molar-refractivity contribution in [2.45, 2.75) is 37.8 Å². The molecule has 0 fully saturated rings. The highest BCUT2D eigenvalue weighted by atomic mass is 16.6. The first kappa shape index (κ1) is 25.7. The van der Waals surface area contributed by atoms with Crippen LogP contribution in [0.2, 0.25) is 0 Å². The molecule has 9 heteroatoms. The van der Waals surface area contributed by atoms with E-state index in [1.807, 2.05) is 48.5 Å². The van der Waals surface area contributed by atoms with Crippen molar-refractivity contribution in [2.24, 2.45) is 0 Å². The summed E-state index contributed by atoms with van der Waals surface area (Å²) in [6, 6.07) is 18.4. The molecule has 1 aliphatic rings. The SMILES string of the molecule is O=C(NCCCC[C@H](NC(=O)OCC1c2ccccc2-c2ccccc21)C(=O)O)OCc1ccncc1. The minimum Gasteiger partial charge on any atom is -0.480 e. The highest BCUT2D eigenvalue weighted by Gasteiger charge is 2.29. The van der Waals surface area contributed by atoms with Crippen LogP contribution in [-0.2, 0) is 20.9 Å². The van der Waals surface area contributed by atoms with Gasteiger partial charge in [-0.15, -0.1) is 0 Å². The van der Waals surface area contributed by atoms with Crippen molar-refractivity contribution in [1.82, 2.24) is 15.6 Å². The van der Waals surface area contributed by atoms with Gasteiger partial charge in [0.05, 0.1) is 0 Å². The number of benzene rings is 2. The molecule has 0 saturated heterocycles. The molecule has 4 rings (SSSR count). The van der Waals surface area contributed by atoms with E-state index in [0.717, 1.165) is 27.8 Å². The zero-order valence-electron chi connectivity index (χ0n) is 20.3. The Morgan fingerprint density at radius 3 is 2.16 bits per heavy atom. The number of aliphatic carboxylic acids is 1. The molecule has 2 aromatic carbocycles. The molecular weight excluding hydrogens is 474 g/mol. The van der Waals surface area contributed by atoms with Gasteiger partial charge in [0.25, 0.3) is 0 Å². The van der Waals surface area contributed by atoms with Crippen LogP contribution in [0.5, 0.6) is 0 Å². The number of hydrogen-bond acceptors (Lipinski definition) is 6. The Hall–Kier alpha value is -4.40. The quantitative estimate of drug-likeness (QED) is 0.330. The van der Waals surface area contributed by atoms with E-state index >= 15 is 0 Å². The molecule has 2 amide bonds. The second-order valence-electron chi connectivity index (χ2n) is 8.71. The zero-order valence-corrected chi connectivity index (χ0v) is 20.3. The van der Waals surface area contributed by atoms with Crippen LogP contribution in [0, 0.1) is 0 Å². The molecule has 1 heterocycles. The Balaban J connectivity index is 1.18. The van der Waals surface area contributed by atoms with Gasteiger partial charge in [-0.25, -0.2) is 14.4 Å². The topological polar surface area (TPSA) is 127 Å². The summed E-state index contributed by atoms with van der Waals surface area (Å²) < 4.78 is 10.6. The lowest BCUT2D eigenvalue weighted by Crippen LogP contribution is -2.41. The van der Waals surface area contributed by atoms with E-state index in [2.05, 4.69) is 15.6 Å². The van der Waals surface area contributed by atoms with Crippen LogP contribution in [-0.4, -0.2) is 47.4 Å². The van der Waals surface area contributed by atoms with E-state index in [9.17, 15) is 19.5 Å². The number of unbranched alkanes of at least 4 members (excludes halogenated alkanes) is 1. The lowest BCUT2D eigenvalue weighted by atomic mass is 9.98. The molecule has 1 aliphatic carbocycles. The number of carboxylic acids is 1. The molecule has 37 heavy (non-hydrogen) atoms. The summed E-state index contributed by atoms with van der Waals surface area (Å²) in [6.45, 7) is 0.573. The molecule has 1 atom stereocenters. The van der Waals surface area contributed by atoms with Crippen molar-refractivity contribution in [3.8, 4) is 11.1 Å². The summed E-state index contributed by atoms with van der Waals surface area (Å²) in [7, 11) is 0. The zero-order chi connectivity index (χ0) is 26.0. The van der Waals surface area contributed by atoms with Gasteiger partial charge in [-0.05, 0) is 59.2 Å². The summed E-state index contributed by atoms with van der Waals surface area (Å²) in [5.74, 6) is -1.25. The largest absolute Gasteiger partial charge is 0.480 e. The molecule has 0 aliphatic heterocycles. The van der Waals surface area contributed by atoms with Gasteiger partial charge in [0.1, 0.15) is 19.3 Å². The van der Waals surface area contributed by atoms with Gasteiger partial charge in [0.2, 0.25) is 0 Å². The minimum absolute atomic E-state index is 0.106. The summed E-state index contributed by atoms with van der Waals surface area (Å²) >= 11 is 0. The van der Waals surface area contributed by atoms with Crippen molar-refractivity contribution in [3.63, 3.8) is 0 Å². The summed E-state index contributed by atoms with van der Waals surface area (Å²) in [5, 5.41) is 14.6. The van der Waals surface area contributed by atoms with Gasteiger partial charge in [-0.3, -0.25) is 4.98 Å². The standard InChI is InChI=1S/C28H29N3O6/c32-26(33)25(11-5-6-14-30-27(34)36-17-19-12-15-29-16-13-19)31-28(35)37-18-24-22-9-3-1-7-20(22)21-8-2-4-10-23(21)24/h1-4,7-10,12-13,15-16,24-25H,5-6,11,14,17-18H2,(H,30,34)(H,31,35)(H,32,33)/t25-/m0/s1. The normalized spacial score (nSPS) is 12.6. The maximum atomic E-state index is 12.4. The van der Waals surface area contributed by atoms with Gasteiger partial charge in [0.15, 0.2) is 0 Å². The molecule has 3 aromatic rings. The fourth-order valence-electron chi connectivity index (χ4n) is 4.38. The van der Waals surface area contributed by atoms with Crippen molar-refractivity contribution in [3.05, 3.63) is 89.7 Å². The number of nitrogens with zero attached hydrogens (tertiary/aromatic N) is 1. The third-order valence-electron chi connectivity index (χ3n) is 6.24. The second-order valence-corrected chi connectivity index (χ2v) is 8.71. The number of carbonyl (C=O) groups is 3. The number of fused-ring (bicyclic) bond motifs is 3. The molecule has 1 aromatic heterocycles. The summed E-state index contributed by atoms with van der Waals surface area (Å²) in [6.07, 6.45) is 3.12. The average molecular weight is 504 g/mol. The molecule has 3 N–H and O–H groups in total. The van der Waals surface area contributed by atoms with E-state index < -0.39 is 24.2 Å². The number of alkyl carbamates (subject to hydrolysis) is 2. The first-order valence-corrected chi connectivity index (χ1v) is 12.2. The van der Waals surface area contributed by atoms with Gasteiger partial charge < -0.3 is 25.2 Å². The molecule has 0 bridgehead atoms. The van der Waals surface area contributed by atoms with Crippen molar-refractivity contribution < 1.29 is 29.0 Å². The number of hydrogen-bond donors (Lipinski definition) is 3. The Morgan fingerprint density at radius 2 is 1.51 bits per heavy atom. The molecule has 9 nitrogen and oxygen atoms in total. The van der Waals surface area contributed by atoms with Crippen LogP contribution in [0.15, 0.2) is 73.1 Å². The van der Waals surface area contributed by atoms with Crippen LogP contribution in [0.25, 0.3) is 11.1 Å². The van der Waals surface area contributed by atoms with Crippen LogP contribution in [0.4, 0.5) is 9.59 Å². The van der Waals surface area contributed by atoms with E-state index in [4.69, 9.17) is 9.47 Å².